The van der Waals surface area contributed by atoms with Gasteiger partial charge in [0.2, 0.25) is 0 Å². The van der Waals surface area contributed by atoms with E-state index < -0.39 is 16.8 Å². The van der Waals surface area contributed by atoms with Gasteiger partial charge in [0, 0.05) is 6.54 Å². The van der Waals surface area contributed by atoms with E-state index >= 15 is 0 Å². The maximum absolute atomic E-state index is 11.2. The van der Waals surface area contributed by atoms with Crippen LogP contribution in [-0.4, -0.2) is 28.6 Å². The predicted octanol–water partition coefficient (Wildman–Crippen LogP) is 2.51. The number of para-hydroxylation sites is 1. The maximum atomic E-state index is 11.2. The Morgan fingerprint density at radius 1 is 1.45 bits per heavy atom. The minimum absolute atomic E-state index is 0.0985. The zero-order valence-corrected chi connectivity index (χ0v) is 11.6. The number of hydrogen-bond acceptors (Lipinski definition) is 5. The molecule has 1 aromatic rings. The molecule has 0 fully saturated rings. The molecule has 110 valence electrons. The summed E-state index contributed by atoms with van der Waals surface area (Å²) in [4.78, 5) is 21.4. The van der Waals surface area contributed by atoms with E-state index in [0.717, 1.165) is 0 Å². The van der Waals surface area contributed by atoms with Gasteiger partial charge in [0.05, 0.1) is 16.9 Å². The van der Waals surface area contributed by atoms with E-state index in [1.807, 2.05) is 0 Å². The smallest absolute Gasteiger partial charge is 0.333 e. The lowest BCUT2D eigenvalue weighted by atomic mass is 10.1. The van der Waals surface area contributed by atoms with Crippen LogP contribution in [0.25, 0.3) is 0 Å². The summed E-state index contributed by atoms with van der Waals surface area (Å²) < 4.78 is 5.40. The van der Waals surface area contributed by atoms with E-state index in [1.165, 1.54) is 19.1 Å². The number of carboxylic acid groups (broad SMARTS) is 1. The van der Waals surface area contributed by atoms with Crippen LogP contribution >= 0.6 is 0 Å². The van der Waals surface area contributed by atoms with Crippen LogP contribution in [0.15, 0.2) is 18.2 Å². The number of anilines is 1. The van der Waals surface area contributed by atoms with Crippen LogP contribution in [0, 0.1) is 16.0 Å². The third kappa shape index (κ3) is 4.11. The van der Waals surface area contributed by atoms with Gasteiger partial charge in [-0.3, -0.25) is 14.9 Å². The number of carboxylic acids is 1. The van der Waals surface area contributed by atoms with Crippen LogP contribution in [0.3, 0.4) is 0 Å². The molecule has 2 N–H and O–H groups in total. The van der Waals surface area contributed by atoms with Crippen molar-refractivity contribution in [2.45, 2.75) is 26.9 Å². The number of nitro groups is 1. The van der Waals surface area contributed by atoms with Gasteiger partial charge in [0.25, 0.3) is 0 Å². The summed E-state index contributed by atoms with van der Waals surface area (Å²) in [5.74, 6) is -1.45. The molecule has 1 atom stereocenters. The lowest BCUT2D eigenvalue weighted by Crippen LogP contribution is -2.20. The monoisotopic (exact) mass is 282 g/mol. The van der Waals surface area contributed by atoms with E-state index in [1.54, 1.807) is 19.9 Å². The molecule has 0 saturated heterocycles. The highest BCUT2D eigenvalue weighted by Crippen LogP contribution is 2.35. The second kappa shape index (κ2) is 6.74. The summed E-state index contributed by atoms with van der Waals surface area (Å²) in [7, 11) is 0. The van der Waals surface area contributed by atoms with E-state index in [4.69, 9.17) is 9.84 Å². The van der Waals surface area contributed by atoms with Crippen molar-refractivity contribution in [2.75, 3.05) is 11.9 Å². The number of benzene rings is 1. The van der Waals surface area contributed by atoms with Gasteiger partial charge in [0.15, 0.2) is 5.75 Å². The predicted molar refractivity (Wildman–Crippen MR) is 74.1 cm³/mol. The Hall–Kier alpha value is -2.31. The number of nitro benzene ring substituents is 1. The van der Waals surface area contributed by atoms with Gasteiger partial charge >= 0.3 is 11.7 Å². The summed E-state index contributed by atoms with van der Waals surface area (Å²) in [5, 5.41) is 22.8. The van der Waals surface area contributed by atoms with Crippen LogP contribution in [-0.2, 0) is 4.79 Å². The fraction of sp³-hybridized carbons (Fsp3) is 0.462. The van der Waals surface area contributed by atoms with E-state index in [2.05, 4.69) is 5.32 Å². The number of carbonyl (C=O) groups is 1. The van der Waals surface area contributed by atoms with Crippen molar-refractivity contribution in [3.63, 3.8) is 0 Å². The number of ether oxygens (including phenoxy) is 1. The lowest BCUT2D eigenvalue weighted by Gasteiger charge is -2.14. The standard InChI is InChI=1S/C13H18N2O5/c1-8(2)20-11-6-4-5-10(12(11)15(18)19)14-7-9(3)13(16)17/h4-6,8-9,14H,7H2,1-3H3,(H,16,17). The molecule has 0 aliphatic rings. The highest BCUT2D eigenvalue weighted by molar-refractivity contribution is 5.72. The summed E-state index contributed by atoms with van der Waals surface area (Å²) in [6.07, 6.45) is -0.193. The summed E-state index contributed by atoms with van der Waals surface area (Å²) in [6, 6.07) is 4.67. The number of nitrogens with zero attached hydrogens (tertiary/aromatic N) is 1. The second-order valence-electron chi connectivity index (χ2n) is 4.70. The number of nitrogens with one attached hydrogen (secondary N) is 1. The quantitative estimate of drug-likeness (QED) is 0.588. The first-order chi connectivity index (χ1) is 9.32. The van der Waals surface area contributed by atoms with E-state index in [-0.39, 0.29) is 29.8 Å². The van der Waals surface area contributed by atoms with Crippen molar-refractivity contribution < 1.29 is 19.6 Å². The Kier molecular flexibility index (Phi) is 5.31. The van der Waals surface area contributed by atoms with Crippen LogP contribution in [0.4, 0.5) is 11.4 Å². The summed E-state index contributed by atoms with van der Waals surface area (Å²) >= 11 is 0. The van der Waals surface area contributed by atoms with E-state index in [0.29, 0.717) is 0 Å². The van der Waals surface area contributed by atoms with Gasteiger partial charge < -0.3 is 15.2 Å². The molecule has 0 radical (unpaired) electrons. The van der Waals surface area contributed by atoms with Crippen molar-refractivity contribution in [3.05, 3.63) is 28.3 Å². The highest BCUT2D eigenvalue weighted by atomic mass is 16.6. The van der Waals surface area contributed by atoms with Gasteiger partial charge in [-0.1, -0.05) is 13.0 Å². The Morgan fingerprint density at radius 2 is 2.10 bits per heavy atom. The number of rotatable bonds is 7. The Labute approximate surface area is 116 Å². The number of hydrogen-bond donors (Lipinski definition) is 2. The fourth-order valence-electron chi connectivity index (χ4n) is 1.55. The molecule has 0 aliphatic heterocycles. The molecule has 7 nitrogen and oxygen atoms in total. The molecule has 0 amide bonds. The molecule has 1 rings (SSSR count). The normalized spacial score (nSPS) is 12.0. The molecular formula is C13H18N2O5. The van der Waals surface area contributed by atoms with E-state index in [9.17, 15) is 14.9 Å². The van der Waals surface area contributed by atoms with Crippen molar-refractivity contribution in [1.29, 1.82) is 0 Å². The van der Waals surface area contributed by atoms with Crippen molar-refractivity contribution in [3.8, 4) is 5.75 Å². The van der Waals surface area contributed by atoms with Crippen molar-refractivity contribution in [1.82, 2.24) is 0 Å². The van der Waals surface area contributed by atoms with Gasteiger partial charge in [-0.2, -0.15) is 0 Å². The zero-order chi connectivity index (χ0) is 15.3. The average molecular weight is 282 g/mol. The molecule has 0 saturated carbocycles. The third-order valence-electron chi connectivity index (χ3n) is 2.56. The Bertz CT molecular complexity index is 502. The SMILES string of the molecule is CC(C)Oc1cccc(NCC(C)C(=O)O)c1[N+](=O)[O-]. The van der Waals surface area contributed by atoms with Crippen molar-refractivity contribution >= 4 is 17.3 Å². The third-order valence-corrected chi connectivity index (χ3v) is 2.56. The molecule has 0 aromatic heterocycles. The maximum Gasteiger partial charge on any atom is 0.333 e. The molecule has 1 aromatic carbocycles. The topological polar surface area (TPSA) is 102 Å². The first-order valence-electron chi connectivity index (χ1n) is 6.23. The Morgan fingerprint density at radius 3 is 2.60 bits per heavy atom. The minimum Gasteiger partial charge on any atom is -0.484 e. The highest BCUT2D eigenvalue weighted by Gasteiger charge is 2.22. The summed E-state index contributed by atoms with van der Waals surface area (Å²) in [6.45, 7) is 5.17. The zero-order valence-electron chi connectivity index (χ0n) is 11.6. The fourth-order valence-corrected chi connectivity index (χ4v) is 1.55. The second-order valence-corrected chi connectivity index (χ2v) is 4.70. The molecular weight excluding hydrogens is 264 g/mol. The van der Waals surface area contributed by atoms with Crippen LogP contribution in [0.2, 0.25) is 0 Å². The average Bonchev–Trinajstić information content (AvgIpc) is 2.34. The van der Waals surface area contributed by atoms with Gasteiger partial charge in [0.1, 0.15) is 5.69 Å². The first-order valence-corrected chi connectivity index (χ1v) is 6.23. The minimum atomic E-state index is -0.963. The Balaban J connectivity index is 3.00. The summed E-state index contributed by atoms with van der Waals surface area (Å²) in [5.41, 5.74) is 0.0695. The number of aliphatic carboxylic acids is 1. The molecule has 0 heterocycles. The molecule has 7 heteroatoms. The van der Waals surface area contributed by atoms with Crippen LogP contribution < -0.4 is 10.1 Å². The molecule has 20 heavy (non-hydrogen) atoms. The largest absolute Gasteiger partial charge is 0.484 e. The van der Waals surface area contributed by atoms with Crippen LogP contribution in [0.5, 0.6) is 5.75 Å². The molecule has 0 spiro atoms. The molecule has 0 aliphatic carbocycles. The van der Waals surface area contributed by atoms with Crippen LogP contribution in [0.1, 0.15) is 20.8 Å². The first kappa shape index (κ1) is 15.7. The lowest BCUT2D eigenvalue weighted by molar-refractivity contribution is -0.385. The van der Waals surface area contributed by atoms with Gasteiger partial charge in [-0.15, -0.1) is 0 Å². The van der Waals surface area contributed by atoms with Gasteiger partial charge in [-0.05, 0) is 26.0 Å². The van der Waals surface area contributed by atoms with Crippen molar-refractivity contribution in [2.24, 2.45) is 5.92 Å². The molecule has 1 unspecified atom stereocenters. The van der Waals surface area contributed by atoms with Gasteiger partial charge in [-0.25, -0.2) is 0 Å². The molecule has 0 bridgehead atoms.